The van der Waals surface area contributed by atoms with Crippen LogP contribution in [-0.4, -0.2) is 42.0 Å². The molecule has 0 unspecified atom stereocenters. The van der Waals surface area contributed by atoms with Crippen LogP contribution in [0.25, 0.3) is 0 Å². The molecule has 1 atom stereocenters. The highest BCUT2D eigenvalue weighted by Crippen LogP contribution is 2.11. The summed E-state index contributed by atoms with van der Waals surface area (Å²) in [5.41, 5.74) is 0.785. The molecule has 0 aliphatic rings. The van der Waals surface area contributed by atoms with Crippen molar-refractivity contribution in [2.45, 2.75) is 59.2 Å². The summed E-state index contributed by atoms with van der Waals surface area (Å²) in [7, 11) is 0. The molecule has 0 saturated heterocycles. The topological polar surface area (TPSA) is 58.6 Å². The first-order chi connectivity index (χ1) is 11.8. The minimum Gasteiger partial charge on any atom is -0.379 e. The second-order valence-electron chi connectivity index (χ2n) is 6.24. The molecule has 1 N–H and O–H groups in total. The van der Waals surface area contributed by atoms with Crippen molar-refractivity contribution in [2.24, 2.45) is 0 Å². The van der Waals surface area contributed by atoms with Crippen molar-refractivity contribution < 1.29 is 18.7 Å². The van der Waals surface area contributed by atoms with Crippen molar-refractivity contribution in [1.82, 2.24) is 10.2 Å². The van der Waals surface area contributed by atoms with Gasteiger partial charge in [0.2, 0.25) is 11.8 Å². The van der Waals surface area contributed by atoms with Gasteiger partial charge in [-0.1, -0.05) is 19.1 Å². The molecule has 0 aliphatic carbocycles. The van der Waals surface area contributed by atoms with Gasteiger partial charge in [-0.05, 0) is 44.9 Å². The monoisotopic (exact) mass is 352 g/mol. The fourth-order valence-corrected chi connectivity index (χ4v) is 2.32. The van der Waals surface area contributed by atoms with E-state index in [1.165, 1.54) is 17.0 Å². The third-order valence-corrected chi connectivity index (χ3v) is 3.81. The van der Waals surface area contributed by atoms with Gasteiger partial charge in [0.05, 0.1) is 6.10 Å². The van der Waals surface area contributed by atoms with E-state index in [1.54, 1.807) is 26.0 Å². The lowest BCUT2D eigenvalue weighted by molar-refractivity contribution is -0.140. The first-order valence-electron chi connectivity index (χ1n) is 8.78. The highest BCUT2D eigenvalue weighted by Gasteiger charge is 2.24. The quantitative estimate of drug-likeness (QED) is 0.659. The number of hydrogen-bond acceptors (Lipinski definition) is 3. The van der Waals surface area contributed by atoms with Gasteiger partial charge >= 0.3 is 0 Å². The average Bonchev–Trinajstić information content (AvgIpc) is 2.59. The van der Waals surface area contributed by atoms with Crippen LogP contribution >= 0.6 is 0 Å². The minimum atomic E-state index is -0.594. The molecule has 0 heterocycles. The fourth-order valence-electron chi connectivity index (χ4n) is 2.32. The Morgan fingerprint density at radius 1 is 1.20 bits per heavy atom. The summed E-state index contributed by atoms with van der Waals surface area (Å²) in [5.74, 6) is -0.643. The lowest BCUT2D eigenvalue weighted by Gasteiger charge is -2.28. The third-order valence-electron chi connectivity index (χ3n) is 3.81. The lowest BCUT2D eigenvalue weighted by Crippen LogP contribution is -2.47. The standard InChI is InChI=1S/C19H29FN2O3/c1-5-18(23)22(13-16-7-9-17(20)10-8-16)15(4)19(24)21-11-6-12-25-14(2)3/h7-10,14-15H,5-6,11-13H2,1-4H3,(H,21,24)/t15-/m0/s1. The molecule has 25 heavy (non-hydrogen) atoms. The van der Waals surface area contributed by atoms with Gasteiger partial charge in [-0.3, -0.25) is 9.59 Å². The Morgan fingerprint density at radius 3 is 2.40 bits per heavy atom. The number of ether oxygens (including phenoxy) is 1. The number of carbonyl (C=O) groups is 2. The van der Waals surface area contributed by atoms with Crippen LogP contribution in [0.1, 0.15) is 46.1 Å². The van der Waals surface area contributed by atoms with Crippen LogP contribution in [0, 0.1) is 5.82 Å². The normalized spacial score (nSPS) is 12.1. The Balaban J connectivity index is 2.60. The predicted molar refractivity (Wildman–Crippen MR) is 95.4 cm³/mol. The predicted octanol–water partition coefficient (Wildman–Crippen LogP) is 2.88. The summed E-state index contributed by atoms with van der Waals surface area (Å²) in [6, 6.07) is 5.36. The molecule has 140 valence electrons. The van der Waals surface area contributed by atoms with E-state index in [9.17, 15) is 14.0 Å². The first kappa shape index (κ1) is 21.1. The van der Waals surface area contributed by atoms with E-state index in [-0.39, 0.29) is 30.3 Å². The van der Waals surface area contributed by atoms with E-state index in [0.717, 1.165) is 12.0 Å². The number of halogens is 1. The second-order valence-corrected chi connectivity index (χ2v) is 6.24. The van der Waals surface area contributed by atoms with Gasteiger partial charge in [-0.15, -0.1) is 0 Å². The molecule has 0 saturated carbocycles. The molecular formula is C19H29FN2O3. The van der Waals surface area contributed by atoms with E-state index < -0.39 is 6.04 Å². The first-order valence-corrected chi connectivity index (χ1v) is 8.78. The number of carbonyl (C=O) groups excluding carboxylic acids is 2. The van der Waals surface area contributed by atoms with E-state index >= 15 is 0 Å². The van der Waals surface area contributed by atoms with Crippen LogP contribution in [0.4, 0.5) is 4.39 Å². The zero-order valence-corrected chi connectivity index (χ0v) is 15.5. The third kappa shape index (κ3) is 7.65. The largest absolute Gasteiger partial charge is 0.379 e. The summed E-state index contributed by atoms with van der Waals surface area (Å²) in [4.78, 5) is 26.1. The highest BCUT2D eigenvalue weighted by molar-refractivity contribution is 5.87. The van der Waals surface area contributed by atoms with Gasteiger partial charge in [0.15, 0.2) is 0 Å². The Labute approximate surface area is 149 Å². The maximum absolute atomic E-state index is 13.0. The molecule has 0 bridgehead atoms. The van der Waals surface area contributed by atoms with Crippen molar-refractivity contribution in [3.8, 4) is 0 Å². The second kappa shape index (κ2) is 10.8. The maximum Gasteiger partial charge on any atom is 0.242 e. The molecule has 6 heteroatoms. The molecule has 1 aromatic carbocycles. The zero-order chi connectivity index (χ0) is 18.8. The van der Waals surface area contributed by atoms with Crippen LogP contribution < -0.4 is 5.32 Å². The van der Waals surface area contributed by atoms with Crippen molar-refractivity contribution in [2.75, 3.05) is 13.2 Å². The van der Waals surface area contributed by atoms with Gasteiger partial charge < -0.3 is 15.0 Å². The van der Waals surface area contributed by atoms with Gasteiger partial charge in [0.25, 0.3) is 0 Å². The fraction of sp³-hybridized carbons (Fsp3) is 0.579. The molecule has 0 aromatic heterocycles. The number of benzene rings is 1. The minimum absolute atomic E-state index is 0.116. The summed E-state index contributed by atoms with van der Waals surface area (Å²) in [6.45, 7) is 8.75. The smallest absolute Gasteiger partial charge is 0.242 e. The SMILES string of the molecule is CCC(=O)N(Cc1ccc(F)cc1)[C@@H](C)C(=O)NCCCOC(C)C. The van der Waals surface area contributed by atoms with Crippen LogP contribution in [0.15, 0.2) is 24.3 Å². The molecule has 5 nitrogen and oxygen atoms in total. The van der Waals surface area contributed by atoms with E-state index in [2.05, 4.69) is 5.32 Å². The Hall–Kier alpha value is -1.95. The molecule has 2 amide bonds. The Bertz CT molecular complexity index is 546. The van der Waals surface area contributed by atoms with Gasteiger partial charge in [0.1, 0.15) is 11.9 Å². The van der Waals surface area contributed by atoms with E-state index in [1.807, 2.05) is 13.8 Å². The van der Waals surface area contributed by atoms with Gasteiger partial charge in [-0.25, -0.2) is 4.39 Å². The zero-order valence-electron chi connectivity index (χ0n) is 15.5. The molecule has 1 aromatic rings. The van der Waals surface area contributed by atoms with Crippen LogP contribution in [0.2, 0.25) is 0 Å². The Kier molecular flexibility index (Phi) is 9.13. The summed E-state index contributed by atoms with van der Waals surface area (Å²) in [6.07, 6.45) is 1.19. The summed E-state index contributed by atoms with van der Waals surface area (Å²) < 4.78 is 18.5. The van der Waals surface area contributed by atoms with Crippen molar-refractivity contribution in [1.29, 1.82) is 0 Å². The van der Waals surface area contributed by atoms with Crippen molar-refractivity contribution in [3.05, 3.63) is 35.6 Å². The maximum atomic E-state index is 13.0. The summed E-state index contributed by atoms with van der Waals surface area (Å²) in [5, 5.41) is 2.84. The molecule has 0 aliphatic heterocycles. The van der Waals surface area contributed by atoms with Crippen LogP contribution in [-0.2, 0) is 20.9 Å². The number of amides is 2. The lowest BCUT2D eigenvalue weighted by atomic mass is 10.1. The van der Waals surface area contributed by atoms with Crippen LogP contribution in [0.5, 0.6) is 0 Å². The average molecular weight is 352 g/mol. The molecule has 0 spiro atoms. The van der Waals surface area contributed by atoms with Crippen molar-refractivity contribution >= 4 is 11.8 Å². The summed E-state index contributed by atoms with van der Waals surface area (Å²) >= 11 is 0. The van der Waals surface area contributed by atoms with Crippen LogP contribution in [0.3, 0.4) is 0 Å². The molecule has 0 radical (unpaired) electrons. The van der Waals surface area contributed by atoms with Gasteiger partial charge in [0, 0.05) is 26.1 Å². The molecule has 1 rings (SSSR count). The number of hydrogen-bond donors (Lipinski definition) is 1. The highest BCUT2D eigenvalue weighted by atomic mass is 19.1. The molecule has 0 fully saturated rings. The van der Waals surface area contributed by atoms with Crippen molar-refractivity contribution in [3.63, 3.8) is 0 Å². The number of rotatable bonds is 10. The molecular weight excluding hydrogens is 323 g/mol. The van der Waals surface area contributed by atoms with Gasteiger partial charge in [-0.2, -0.15) is 0 Å². The Morgan fingerprint density at radius 2 is 1.84 bits per heavy atom. The van der Waals surface area contributed by atoms with E-state index in [0.29, 0.717) is 19.6 Å². The van der Waals surface area contributed by atoms with E-state index in [4.69, 9.17) is 4.74 Å². The number of nitrogens with zero attached hydrogens (tertiary/aromatic N) is 1. The number of nitrogens with one attached hydrogen (secondary N) is 1.